The number of carbonyl (C=O) groups excluding carboxylic acids is 2. The number of hydrazone groups is 2. The molecule has 2 aromatic rings. The molecule has 0 saturated heterocycles. The first kappa shape index (κ1) is 27.2. The number of aryl methyl sites for hydroxylation is 2. The molecule has 4 aliphatic rings. The van der Waals surface area contributed by atoms with Crippen LogP contribution >= 0.6 is 0 Å². The van der Waals surface area contributed by atoms with E-state index in [2.05, 4.69) is 22.3 Å². The van der Waals surface area contributed by atoms with E-state index in [9.17, 15) is 19.2 Å². The molecule has 10 heteroatoms. The van der Waals surface area contributed by atoms with Crippen molar-refractivity contribution < 1.29 is 29.4 Å². The maximum Gasteiger partial charge on any atom is 0.305 e. The van der Waals surface area contributed by atoms with Crippen LogP contribution in [0.2, 0.25) is 0 Å². The first-order chi connectivity index (χ1) is 19.3. The molecule has 10 nitrogen and oxygen atoms in total. The zero-order valence-corrected chi connectivity index (χ0v) is 22.2. The number of carbonyl (C=O) groups is 4. The molecule has 2 heterocycles. The topological polar surface area (TPSA) is 140 Å². The molecular weight excluding hydrogens is 512 g/mol. The highest BCUT2D eigenvalue weighted by Crippen LogP contribution is 2.33. The SMILES string of the molecule is O=C(O)CCN1N=C2c3ccccc3CC[C@@H]2CC1=O.O=C(O)CCN1N=C2c3ccccc3CC[C@@H]2CC1=O. The standard InChI is InChI=1S/2C15H16N2O3/c2*18-13-9-11-6-5-10-3-1-2-4-12(10)15(11)16-17(13)8-7-14(19)20/h2*1-4,11H,5-9H2,(H,19,20)/t2*11-/m11/s1. The summed E-state index contributed by atoms with van der Waals surface area (Å²) in [6.45, 7) is 0.291. The van der Waals surface area contributed by atoms with Crippen molar-refractivity contribution in [2.24, 2.45) is 22.0 Å². The first-order valence-corrected chi connectivity index (χ1v) is 13.7. The molecule has 6 rings (SSSR count). The Labute approximate surface area is 232 Å². The lowest BCUT2D eigenvalue weighted by molar-refractivity contribution is -0.140. The third kappa shape index (κ3) is 5.95. The van der Waals surface area contributed by atoms with Gasteiger partial charge in [0.25, 0.3) is 0 Å². The first-order valence-electron chi connectivity index (χ1n) is 13.7. The van der Waals surface area contributed by atoms with Crippen molar-refractivity contribution in [2.75, 3.05) is 13.1 Å². The lowest BCUT2D eigenvalue weighted by atomic mass is 9.79. The fourth-order valence-corrected chi connectivity index (χ4v) is 5.77. The summed E-state index contributed by atoms with van der Waals surface area (Å²) in [5, 5.41) is 29.0. The Balaban J connectivity index is 0.000000161. The molecular formula is C30H32N4O6. The summed E-state index contributed by atoms with van der Waals surface area (Å²) in [4.78, 5) is 45.3. The number of amides is 2. The number of rotatable bonds is 6. The van der Waals surface area contributed by atoms with Gasteiger partial charge in [-0.25, -0.2) is 10.0 Å². The van der Waals surface area contributed by atoms with Gasteiger partial charge in [0, 0.05) is 35.8 Å². The van der Waals surface area contributed by atoms with Crippen LogP contribution in [0.15, 0.2) is 58.7 Å². The maximum absolute atomic E-state index is 12.0. The summed E-state index contributed by atoms with van der Waals surface area (Å²) >= 11 is 0. The molecule has 40 heavy (non-hydrogen) atoms. The maximum atomic E-state index is 12.0. The van der Waals surface area contributed by atoms with Gasteiger partial charge in [-0.2, -0.15) is 10.2 Å². The van der Waals surface area contributed by atoms with Gasteiger partial charge >= 0.3 is 11.9 Å². The highest BCUT2D eigenvalue weighted by atomic mass is 16.4. The summed E-state index contributed by atoms with van der Waals surface area (Å²) in [6, 6.07) is 16.2. The van der Waals surface area contributed by atoms with Crippen molar-refractivity contribution >= 4 is 35.2 Å². The highest BCUT2D eigenvalue weighted by Gasteiger charge is 2.35. The second kappa shape index (κ2) is 11.8. The van der Waals surface area contributed by atoms with Gasteiger partial charge in [-0.3, -0.25) is 19.2 Å². The van der Waals surface area contributed by atoms with Gasteiger partial charge in [0.05, 0.1) is 37.4 Å². The predicted octanol–water partition coefficient (Wildman–Crippen LogP) is 3.32. The second-order valence-electron chi connectivity index (χ2n) is 10.5. The van der Waals surface area contributed by atoms with Gasteiger partial charge in [0.1, 0.15) is 0 Å². The van der Waals surface area contributed by atoms with E-state index in [-0.39, 0.29) is 49.6 Å². The average molecular weight is 545 g/mol. The van der Waals surface area contributed by atoms with Crippen molar-refractivity contribution in [3.05, 3.63) is 70.8 Å². The molecule has 0 radical (unpaired) electrons. The number of carboxylic acid groups (broad SMARTS) is 2. The summed E-state index contributed by atoms with van der Waals surface area (Å²) in [6.07, 6.45) is 4.55. The van der Waals surface area contributed by atoms with Crippen molar-refractivity contribution in [1.82, 2.24) is 10.0 Å². The van der Waals surface area contributed by atoms with Gasteiger partial charge in [0.2, 0.25) is 11.8 Å². The van der Waals surface area contributed by atoms with E-state index in [1.54, 1.807) is 0 Å². The van der Waals surface area contributed by atoms with Gasteiger partial charge in [-0.1, -0.05) is 48.5 Å². The van der Waals surface area contributed by atoms with Crippen LogP contribution in [-0.4, -0.2) is 68.5 Å². The Morgan fingerprint density at radius 1 is 0.700 bits per heavy atom. The number of hydrogen-bond donors (Lipinski definition) is 2. The van der Waals surface area contributed by atoms with Crippen LogP contribution in [0.4, 0.5) is 0 Å². The summed E-state index contributed by atoms with van der Waals surface area (Å²) in [5.74, 6) is -1.61. The molecule has 2 N–H and O–H groups in total. The zero-order chi connectivity index (χ0) is 28.2. The summed E-state index contributed by atoms with van der Waals surface area (Å²) in [7, 11) is 0. The Bertz CT molecular complexity index is 1290. The van der Waals surface area contributed by atoms with Gasteiger partial charge in [-0.05, 0) is 36.8 Å². The average Bonchev–Trinajstić information content (AvgIpc) is 2.95. The quantitative estimate of drug-likeness (QED) is 0.572. The van der Waals surface area contributed by atoms with Crippen LogP contribution in [0.1, 0.15) is 60.8 Å². The minimum Gasteiger partial charge on any atom is -0.481 e. The Hall–Kier alpha value is -4.34. The molecule has 0 bridgehead atoms. The normalized spacial score (nSPS) is 21.0. The number of benzene rings is 2. The second-order valence-corrected chi connectivity index (χ2v) is 10.5. The van der Waals surface area contributed by atoms with E-state index in [1.165, 1.54) is 21.1 Å². The molecule has 2 aliphatic heterocycles. The molecule has 2 aromatic carbocycles. The summed E-state index contributed by atoms with van der Waals surface area (Å²) in [5.41, 5.74) is 6.62. The number of aliphatic carboxylic acids is 2. The third-order valence-electron chi connectivity index (χ3n) is 7.83. The van der Waals surface area contributed by atoms with Gasteiger partial charge in [0.15, 0.2) is 0 Å². The van der Waals surface area contributed by atoms with Crippen LogP contribution < -0.4 is 0 Å². The minimum atomic E-state index is -0.913. The van der Waals surface area contributed by atoms with Crippen molar-refractivity contribution in [3.8, 4) is 0 Å². The lowest BCUT2D eigenvalue weighted by Gasteiger charge is -2.33. The molecule has 208 valence electrons. The van der Waals surface area contributed by atoms with Crippen LogP contribution in [0.25, 0.3) is 0 Å². The third-order valence-corrected chi connectivity index (χ3v) is 7.83. The summed E-state index contributed by atoms with van der Waals surface area (Å²) < 4.78 is 0. The largest absolute Gasteiger partial charge is 0.481 e. The van der Waals surface area contributed by atoms with Crippen molar-refractivity contribution in [3.63, 3.8) is 0 Å². The van der Waals surface area contributed by atoms with Gasteiger partial charge in [-0.15, -0.1) is 0 Å². The molecule has 2 atom stereocenters. The van der Waals surface area contributed by atoms with E-state index < -0.39 is 11.9 Å². The molecule has 2 aliphatic carbocycles. The number of hydrogen-bond acceptors (Lipinski definition) is 6. The Morgan fingerprint density at radius 2 is 1.10 bits per heavy atom. The lowest BCUT2D eigenvalue weighted by Crippen LogP contribution is -2.40. The number of nitrogens with zero attached hydrogens (tertiary/aromatic N) is 4. The van der Waals surface area contributed by atoms with E-state index >= 15 is 0 Å². The highest BCUT2D eigenvalue weighted by molar-refractivity contribution is 6.08. The predicted molar refractivity (Wildman–Crippen MR) is 147 cm³/mol. The van der Waals surface area contributed by atoms with Crippen LogP contribution in [0, 0.1) is 11.8 Å². The molecule has 0 unspecified atom stereocenters. The van der Waals surface area contributed by atoms with E-state index in [1.807, 2.05) is 36.4 Å². The van der Waals surface area contributed by atoms with Crippen LogP contribution in [0.5, 0.6) is 0 Å². The molecule has 0 aromatic heterocycles. The smallest absolute Gasteiger partial charge is 0.305 e. The van der Waals surface area contributed by atoms with Crippen molar-refractivity contribution in [2.45, 2.75) is 51.4 Å². The fraction of sp³-hybridized carbons (Fsp3) is 0.400. The van der Waals surface area contributed by atoms with E-state index in [4.69, 9.17) is 10.2 Å². The van der Waals surface area contributed by atoms with Crippen LogP contribution in [-0.2, 0) is 32.0 Å². The molecule has 0 spiro atoms. The van der Waals surface area contributed by atoms with Gasteiger partial charge < -0.3 is 10.2 Å². The fourth-order valence-electron chi connectivity index (χ4n) is 5.77. The number of carboxylic acids is 2. The minimum absolute atomic E-state index is 0.0700. The molecule has 0 saturated carbocycles. The molecule has 0 fully saturated rings. The zero-order valence-electron chi connectivity index (χ0n) is 22.2. The van der Waals surface area contributed by atoms with E-state index in [0.29, 0.717) is 12.8 Å². The Morgan fingerprint density at radius 3 is 1.50 bits per heavy atom. The number of fused-ring (bicyclic) bond motifs is 6. The van der Waals surface area contributed by atoms with E-state index in [0.717, 1.165) is 48.2 Å². The Kier molecular flexibility index (Phi) is 8.04. The molecule has 2 amide bonds. The van der Waals surface area contributed by atoms with Crippen LogP contribution in [0.3, 0.4) is 0 Å². The van der Waals surface area contributed by atoms with Crippen molar-refractivity contribution in [1.29, 1.82) is 0 Å². The monoisotopic (exact) mass is 544 g/mol.